The molecule has 1 aromatic carbocycles. The first-order chi connectivity index (χ1) is 25.5. The van der Waals surface area contributed by atoms with Gasteiger partial charge in [-0.25, -0.2) is 41.5 Å². The van der Waals surface area contributed by atoms with Crippen molar-refractivity contribution in [3.63, 3.8) is 0 Å². The maximum absolute atomic E-state index is 13.9. The molecule has 22 nitrogen and oxygen atoms in total. The van der Waals surface area contributed by atoms with Gasteiger partial charge in [0.2, 0.25) is 5.88 Å². The highest BCUT2D eigenvalue weighted by atomic mass is 32.2. The van der Waals surface area contributed by atoms with Crippen LogP contribution in [0.2, 0.25) is 0 Å². The van der Waals surface area contributed by atoms with E-state index in [-0.39, 0.29) is 22.2 Å². The van der Waals surface area contributed by atoms with Gasteiger partial charge in [0.15, 0.2) is 21.2 Å². The van der Waals surface area contributed by atoms with Gasteiger partial charge < -0.3 is 14.9 Å². The van der Waals surface area contributed by atoms with Crippen molar-refractivity contribution in [2.45, 2.75) is 18.0 Å². The SMILES string of the molecule is COc1cc(-n2c(=O)c(-c3c[nH]n(C)c(=O)c3=O)nn(CCn3nc(-c4c[nH]n(C)c(=O)c4=O)c(=O)n(-c4ccc(S(C)(=O)=O)cc4)c3=O)c2=O)ccn1. The van der Waals surface area contributed by atoms with Crippen molar-refractivity contribution in [2.75, 3.05) is 13.4 Å². The summed E-state index contributed by atoms with van der Waals surface area (Å²) in [5, 5.41) is 13.2. The van der Waals surface area contributed by atoms with Gasteiger partial charge in [-0.2, -0.15) is 10.2 Å². The lowest BCUT2D eigenvalue weighted by molar-refractivity contribution is 0.397. The average Bonchev–Trinajstić information content (AvgIpc) is 3.14. The number of aromatic nitrogens is 11. The van der Waals surface area contributed by atoms with E-state index in [1.165, 1.54) is 51.7 Å². The van der Waals surface area contributed by atoms with Gasteiger partial charge >= 0.3 is 22.5 Å². The number of aromatic amines is 2. The quantitative estimate of drug-likeness (QED) is 0.137. The number of hydrogen-bond donors (Lipinski definition) is 2. The molecule has 23 heteroatoms. The molecule has 0 bridgehead atoms. The summed E-state index contributed by atoms with van der Waals surface area (Å²) in [7, 11) is 0.137. The molecule has 6 rings (SSSR count). The molecule has 2 N–H and O–H groups in total. The van der Waals surface area contributed by atoms with E-state index in [4.69, 9.17) is 4.74 Å². The van der Waals surface area contributed by atoms with Crippen LogP contribution in [0.4, 0.5) is 0 Å². The van der Waals surface area contributed by atoms with Crippen LogP contribution in [0.5, 0.6) is 5.88 Å². The summed E-state index contributed by atoms with van der Waals surface area (Å²) in [6, 6.07) is 7.16. The zero-order valence-electron chi connectivity index (χ0n) is 28.5. The summed E-state index contributed by atoms with van der Waals surface area (Å²) < 4.78 is 33.6. The Bertz CT molecular complexity index is 3110. The summed E-state index contributed by atoms with van der Waals surface area (Å²) in [6.07, 6.45) is 4.27. The predicted molar refractivity (Wildman–Crippen MR) is 188 cm³/mol. The maximum atomic E-state index is 13.9. The van der Waals surface area contributed by atoms with Gasteiger partial charge in [0.05, 0.1) is 47.6 Å². The van der Waals surface area contributed by atoms with E-state index in [1.807, 2.05) is 0 Å². The predicted octanol–water partition coefficient (Wildman–Crippen LogP) is -3.28. The molecule has 0 radical (unpaired) electrons. The van der Waals surface area contributed by atoms with E-state index < -0.39 is 89.9 Å². The Morgan fingerprint density at radius 1 is 0.667 bits per heavy atom. The van der Waals surface area contributed by atoms with E-state index in [0.717, 1.165) is 40.1 Å². The lowest BCUT2D eigenvalue weighted by atomic mass is 10.2. The van der Waals surface area contributed by atoms with Crippen LogP contribution in [-0.4, -0.2) is 75.0 Å². The zero-order chi connectivity index (χ0) is 39.2. The largest absolute Gasteiger partial charge is 0.481 e. The molecule has 0 unspecified atom stereocenters. The molecular formula is C31H27N11O11S. The molecule has 0 aliphatic rings. The van der Waals surface area contributed by atoms with Crippen molar-refractivity contribution in [1.29, 1.82) is 0 Å². The van der Waals surface area contributed by atoms with Crippen LogP contribution in [0.25, 0.3) is 33.9 Å². The Labute approximate surface area is 298 Å². The molecule has 0 fully saturated rings. The molecule has 0 atom stereocenters. The van der Waals surface area contributed by atoms with E-state index in [2.05, 4.69) is 25.4 Å². The second kappa shape index (κ2) is 13.7. The van der Waals surface area contributed by atoms with E-state index in [9.17, 15) is 46.8 Å². The minimum absolute atomic E-state index is 0.0102. The van der Waals surface area contributed by atoms with Crippen LogP contribution >= 0.6 is 0 Å². The van der Waals surface area contributed by atoms with Crippen molar-refractivity contribution >= 4 is 9.84 Å². The summed E-state index contributed by atoms with van der Waals surface area (Å²) in [5.74, 6) is 0.0102. The number of H-pyrrole nitrogens is 2. The number of pyridine rings is 1. The van der Waals surface area contributed by atoms with Crippen molar-refractivity contribution < 1.29 is 13.2 Å². The van der Waals surface area contributed by atoms with Gasteiger partial charge in [0.25, 0.3) is 22.0 Å². The monoisotopic (exact) mass is 761 g/mol. The van der Waals surface area contributed by atoms with Crippen LogP contribution in [0.3, 0.4) is 0 Å². The minimum atomic E-state index is -3.68. The third-order valence-corrected chi connectivity index (χ3v) is 9.24. The van der Waals surface area contributed by atoms with Gasteiger partial charge in [-0.3, -0.25) is 38.1 Å². The number of ether oxygens (including phenoxy) is 1. The van der Waals surface area contributed by atoms with Crippen molar-refractivity contribution in [3.05, 3.63) is 138 Å². The summed E-state index contributed by atoms with van der Waals surface area (Å²) in [4.78, 5) is 110. The van der Waals surface area contributed by atoms with E-state index in [1.54, 1.807) is 0 Å². The second-order valence-corrected chi connectivity index (χ2v) is 13.6. The van der Waals surface area contributed by atoms with Crippen molar-refractivity contribution in [1.82, 2.24) is 53.2 Å². The van der Waals surface area contributed by atoms with Gasteiger partial charge in [-0.05, 0) is 30.3 Å². The Hall–Kier alpha value is -7.30. The molecule has 54 heavy (non-hydrogen) atoms. The van der Waals surface area contributed by atoms with Gasteiger partial charge in [0, 0.05) is 45.0 Å². The molecule has 0 saturated heterocycles. The van der Waals surface area contributed by atoms with E-state index >= 15 is 0 Å². The second-order valence-electron chi connectivity index (χ2n) is 11.6. The van der Waals surface area contributed by atoms with Gasteiger partial charge in [-0.15, -0.1) is 0 Å². The number of rotatable bonds is 9. The van der Waals surface area contributed by atoms with Crippen LogP contribution in [-0.2, 0) is 37.0 Å². The molecule has 6 aromatic rings. The summed E-state index contributed by atoms with van der Waals surface area (Å²) in [5.41, 5.74) is -11.3. The Kier molecular flexibility index (Phi) is 9.24. The number of nitrogens with one attached hydrogen (secondary N) is 2. The van der Waals surface area contributed by atoms with Gasteiger partial charge in [-0.1, -0.05) is 0 Å². The molecule has 5 aromatic heterocycles. The number of benzene rings is 1. The van der Waals surface area contributed by atoms with Crippen LogP contribution < -0.4 is 49.2 Å². The molecular weight excluding hydrogens is 734 g/mol. The number of hydrogen-bond acceptors (Lipinski definition) is 14. The standard InChI is InChI=1S/C31H27N11O11S/c1-37-28(47)24(43)19(14-33-37)22-26(45)41(16-5-7-18(8-6-16)54(4,51)52)30(49)39(35-22)11-12-40-31(50)42(17-9-10-32-21(13-17)53-3)27(46)23(36-40)20-15-34-38(2)29(48)25(20)44/h5-10,13-15,33-34H,11-12H2,1-4H3. The Balaban J connectivity index is 1.58. The fourth-order valence-corrected chi connectivity index (χ4v) is 5.88. The van der Waals surface area contributed by atoms with Crippen LogP contribution in [0.15, 0.2) is 98.2 Å². The lowest BCUT2D eigenvalue weighted by Crippen LogP contribution is -2.46. The summed E-state index contributed by atoms with van der Waals surface area (Å²) >= 11 is 0. The summed E-state index contributed by atoms with van der Waals surface area (Å²) in [6.45, 7) is -1.17. The third-order valence-electron chi connectivity index (χ3n) is 8.11. The molecule has 5 heterocycles. The zero-order valence-corrected chi connectivity index (χ0v) is 29.4. The number of nitrogens with zero attached hydrogens (tertiary/aromatic N) is 9. The number of methoxy groups -OCH3 is 1. The van der Waals surface area contributed by atoms with Gasteiger partial charge in [0.1, 0.15) is 0 Å². The average molecular weight is 762 g/mol. The van der Waals surface area contributed by atoms with Crippen LogP contribution in [0.1, 0.15) is 0 Å². The molecule has 278 valence electrons. The minimum Gasteiger partial charge on any atom is -0.481 e. The first-order valence-electron chi connectivity index (χ1n) is 15.4. The lowest BCUT2D eigenvalue weighted by Gasteiger charge is -2.15. The molecule has 0 aliphatic heterocycles. The molecule has 0 aliphatic carbocycles. The van der Waals surface area contributed by atoms with E-state index in [0.29, 0.717) is 18.5 Å². The van der Waals surface area contributed by atoms with Crippen molar-refractivity contribution in [2.24, 2.45) is 14.1 Å². The normalized spacial score (nSPS) is 11.5. The highest BCUT2D eigenvalue weighted by Gasteiger charge is 2.23. The highest BCUT2D eigenvalue weighted by Crippen LogP contribution is 2.14. The number of aryl methyl sites for hydroxylation is 4. The third kappa shape index (κ3) is 6.38. The van der Waals surface area contributed by atoms with Crippen LogP contribution in [0, 0.1) is 0 Å². The number of sulfone groups is 1. The maximum Gasteiger partial charge on any atom is 0.352 e. The first-order valence-corrected chi connectivity index (χ1v) is 17.3. The molecule has 0 saturated carbocycles. The topological polar surface area (TPSA) is 280 Å². The van der Waals surface area contributed by atoms with Crippen molar-refractivity contribution in [3.8, 4) is 39.8 Å². The fraction of sp³-hybridized carbons (Fsp3) is 0.194. The Morgan fingerprint density at radius 2 is 1.13 bits per heavy atom. The first kappa shape index (κ1) is 36.5. The smallest absolute Gasteiger partial charge is 0.352 e. The Morgan fingerprint density at radius 3 is 1.57 bits per heavy atom. The fourth-order valence-electron chi connectivity index (χ4n) is 5.25. The molecule has 0 amide bonds. The highest BCUT2D eigenvalue weighted by molar-refractivity contribution is 7.90. The molecule has 0 spiro atoms.